The predicted octanol–water partition coefficient (Wildman–Crippen LogP) is 5.19. The molecule has 0 aliphatic heterocycles. The largest absolute Gasteiger partial charge is 0.346 e. The number of carbonyl (C=O) groups excluding carboxylic acids is 1. The van der Waals surface area contributed by atoms with Gasteiger partial charge >= 0.3 is 0 Å². The van der Waals surface area contributed by atoms with Gasteiger partial charge in [-0.15, -0.1) is 0 Å². The van der Waals surface area contributed by atoms with Gasteiger partial charge in [-0.2, -0.15) is 0 Å². The third-order valence-electron chi connectivity index (χ3n) is 4.91. The van der Waals surface area contributed by atoms with Crippen LogP contribution in [0.25, 0.3) is 11.0 Å². The van der Waals surface area contributed by atoms with Crippen molar-refractivity contribution in [2.24, 2.45) is 0 Å². The van der Waals surface area contributed by atoms with E-state index in [0.717, 1.165) is 29.8 Å². The molecule has 4 nitrogen and oxygen atoms in total. The lowest BCUT2D eigenvalue weighted by molar-refractivity contribution is -0.121. The van der Waals surface area contributed by atoms with E-state index in [1.165, 1.54) is 11.1 Å². The predicted molar refractivity (Wildman–Crippen MR) is 111 cm³/mol. The first-order valence-corrected chi connectivity index (χ1v) is 9.83. The quantitative estimate of drug-likeness (QED) is 0.628. The van der Waals surface area contributed by atoms with Gasteiger partial charge in [0, 0.05) is 13.0 Å². The Morgan fingerprint density at radius 2 is 1.78 bits per heavy atom. The molecule has 27 heavy (non-hydrogen) atoms. The summed E-state index contributed by atoms with van der Waals surface area (Å²) in [5.41, 5.74) is 4.63. The maximum atomic E-state index is 12.1. The molecule has 142 valence electrons. The molecular weight excluding hydrogens is 334 g/mol. The van der Waals surface area contributed by atoms with E-state index in [-0.39, 0.29) is 11.9 Å². The van der Waals surface area contributed by atoms with Gasteiger partial charge in [-0.1, -0.05) is 57.2 Å². The lowest BCUT2D eigenvalue weighted by atomic mass is 10.0. The molecule has 3 rings (SSSR count). The zero-order chi connectivity index (χ0) is 19.4. The van der Waals surface area contributed by atoms with Crippen LogP contribution < -0.4 is 5.32 Å². The number of amides is 1. The van der Waals surface area contributed by atoms with Crippen molar-refractivity contribution in [3.63, 3.8) is 0 Å². The minimum Gasteiger partial charge on any atom is -0.346 e. The monoisotopic (exact) mass is 363 g/mol. The number of imidazole rings is 1. The molecule has 1 atom stereocenters. The number of carbonyl (C=O) groups is 1. The fraction of sp³-hybridized carbons (Fsp3) is 0.391. The summed E-state index contributed by atoms with van der Waals surface area (Å²) in [6, 6.07) is 16.8. The van der Waals surface area contributed by atoms with Crippen LogP contribution in [0.4, 0.5) is 0 Å². The molecule has 0 aliphatic carbocycles. The minimum atomic E-state index is -0.133. The number of hydrogen-bond acceptors (Lipinski definition) is 2. The number of para-hydroxylation sites is 2. The Morgan fingerprint density at radius 3 is 2.44 bits per heavy atom. The summed E-state index contributed by atoms with van der Waals surface area (Å²) >= 11 is 0. The Hall–Kier alpha value is -2.62. The zero-order valence-electron chi connectivity index (χ0n) is 16.7. The highest BCUT2D eigenvalue weighted by Gasteiger charge is 2.18. The van der Waals surface area contributed by atoms with Crippen LogP contribution in [0.2, 0.25) is 0 Å². The SMILES string of the molecule is CCCC(=O)NC(C)c1nc2ccccc2n1Cc1ccc(C(C)C)cc1. The Kier molecular flexibility index (Phi) is 5.94. The molecule has 1 heterocycles. The normalized spacial score (nSPS) is 12.5. The molecule has 1 aromatic heterocycles. The second-order valence-electron chi connectivity index (χ2n) is 7.48. The van der Waals surface area contributed by atoms with Gasteiger partial charge in [0.05, 0.1) is 17.1 Å². The van der Waals surface area contributed by atoms with Gasteiger partial charge in [0.15, 0.2) is 0 Å². The molecule has 0 fully saturated rings. The summed E-state index contributed by atoms with van der Waals surface area (Å²) in [7, 11) is 0. The summed E-state index contributed by atoms with van der Waals surface area (Å²) < 4.78 is 2.22. The number of nitrogens with zero attached hydrogens (tertiary/aromatic N) is 2. The van der Waals surface area contributed by atoms with Crippen LogP contribution in [0.3, 0.4) is 0 Å². The molecule has 0 saturated carbocycles. The van der Waals surface area contributed by atoms with Gasteiger partial charge in [-0.3, -0.25) is 4.79 Å². The topological polar surface area (TPSA) is 46.9 Å². The van der Waals surface area contributed by atoms with E-state index < -0.39 is 0 Å². The molecule has 1 unspecified atom stereocenters. The van der Waals surface area contributed by atoms with Gasteiger partial charge < -0.3 is 9.88 Å². The van der Waals surface area contributed by atoms with Crippen molar-refractivity contribution < 1.29 is 4.79 Å². The first-order valence-electron chi connectivity index (χ1n) is 9.83. The Labute approximate surface area is 161 Å². The van der Waals surface area contributed by atoms with Gasteiger partial charge in [-0.25, -0.2) is 4.98 Å². The van der Waals surface area contributed by atoms with Crippen LogP contribution in [-0.4, -0.2) is 15.5 Å². The minimum absolute atomic E-state index is 0.0740. The number of fused-ring (bicyclic) bond motifs is 1. The highest BCUT2D eigenvalue weighted by Crippen LogP contribution is 2.23. The van der Waals surface area contributed by atoms with Crippen molar-refractivity contribution >= 4 is 16.9 Å². The van der Waals surface area contributed by atoms with E-state index in [0.29, 0.717) is 12.3 Å². The van der Waals surface area contributed by atoms with Crippen LogP contribution in [0, 0.1) is 0 Å². The second kappa shape index (κ2) is 8.38. The first kappa shape index (κ1) is 19.2. The fourth-order valence-electron chi connectivity index (χ4n) is 3.39. The average molecular weight is 364 g/mol. The molecular formula is C23H29N3O. The number of aromatic nitrogens is 2. The molecule has 3 aromatic rings. The third-order valence-corrected chi connectivity index (χ3v) is 4.91. The van der Waals surface area contributed by atoms with Crippen molar-refractivity contribution in [2.45, 2.75) is 59.0 Å². The van der Waals surface area contributed by atoms with Crippen molar-refractivity contribution in [2.75, 3.05) is 0 Å². The molecule has 2 aromatic carbocycles. The van der Waals surface area contributed by atoms with E-state index in [1.54, 1.807) is 0 Å². The summed E-state index contributed by atoms with van der Waals surface area (Å²) in [4.78, 5) is 16.9. The number of hydrogen-bond donors (Lipinski definition) is 1. The fourth-order valence-corrected chi connectivity index (χ4v) is 3.39. The first-order chi connectivity index (χ1) is 13.0. The molecule has 1 N–H and O–H groups in total. The Balaban J connectivity index is 1.93. The molecule has 0 radical (unpaired) electrons. The van der Waals surface area contributed by atoms with E-state index in [9.17, 15) is 4.79 Å². The Morgan fingerprint density at radius 1 is 1.07 bits per heavy atom. The van der Waals surface area contributed by atoms with Gasteiger partial charge in [0.1, 0.15) is 5.82 Å². The molecule has 0 spiro atoms. The smallest absolute Gasteiger partial charge is 0.220 e. The summed E-state index contributed by atoms with van der Waals surface area (Å²) in [5, 5.41) is 3.09. The summed E-state index contributed by atoms with van der Waals surface area (Å²) in [5.74, 6) is 1.50. The molecule has 1 amide bonds. The summed E-state index contributed by atoms with van der Waals surface area (Å²) in [6.07, 6.45) is 1.39. The highest BCUT2D eigenvalue weighted by molar-refractivity contribution is 5.78. The van der Waals surface area contributed by atoms with Crippen LogP contribution in [0.15, 0.2) is 48.5 Å². The molecule has 4 heteroatoms. The van der Waals surface area contributed by atoms with Crippen molar-refractivity contribution in [3.8, 4) is 0 Å². The lowest BCUT2D eigenvalue weighted by Crippen LogP contribution is -2.28. The van der Waals surface area contributed by atoms with E-state index in [2.05, 4.69) is 54.1 Å². The van der Waals surface area contributed by atoms with Crippen molar-refractivity contribution in [3.05, 3.63) is 65.5 Å². The van der Waals surface area contributed by atoms with Crippen molar-refractivity contribution in [1.82, 2.24) is 14.9 Å². The van der Waals surface area contributed by atoms with Crippen LogP contribution in [0.5, 0.6) is 0 Å². The zero-order valence-corrected chi connectivity index (χ0v) is 16.7. The van der Waals surface area contributed by atoms with Gasteiger partial charge in [-0.05, 0) is 42.5 Å². The van der Waals surface area contributed by atoms with E-state index in [1.807, 2.05) is 32.0 Å². The lowest BCUT2D eigenvalue weighted by Gasteiger charge is -2.17. The highest BCUT2D eigenvalue weighted by atomic mass is 16.1. The molecule has 0 aliphatic rings. The third kappa shape index (κ3) is 4.38. The maximum absolute atomic E-state index is 12.1. The number of benzene rings is 2. The van der Waals surface area contributed by atoms with Crippen LogP contribution in [-0.2, 0) is 11.3 Å². The summed E-state index contributed by atoms with van der Waals surface area (Å²) in [6.45, 7) is 9.17. The average Bonchev–Trinajstić information content (AvgIpc) is 3.01. The van der Waals surface area contributed by atoms with Gasteiger partial charge in [0.2, 0.25) is 5.91 Å². The molecule has 0 bridgehead atoms. The standard InChI is InChI=1S/C23H29N3O/c1-5-8-22(27)24-17(4)23-25-20-9-6-7-10-21(20)26(23)15-18-11-13-19(14-12-18)16(2)3/h6-7,9-14,16-17H,5,8,15H2,1-4H3,(H,24,27). The Bertz CT molecular complexity index is 909. The maximum Gasteiger partial charge on any atom is 0.220 e. The van der Waals surface area contributed by atoms with E-state index >= 15 is 0 Å². The van der Waals surface area contributed by atoms with Gasteiger partial charge in [0.25, 0.3) is 0 Å². The number of rotatable bonds is 7. The van der Waals surface area contributed by atoms with Crippen molar-refractivity contribution in [1.29, 1.82) is 0 Å². The molecule has 0 saturated heterocycles. The number of nitrogens with one attached hydrogen (secondary N) is 1. The van der Waals surface area contributed by atoms with E-state index in [4.69, 9.17) is 4.98 Å². The van der Waals surface area contributed by atoms with Crippen LogP contribution >= 0.6 is 0 Å². The second-order valence-corrected chi connectivity index (χ2v) is 7.48. The van der Waals surface area contributed by atoms with Crippen LogP contribution in [0.1, 0.15) is 69.4 Å².